The lowest BCUT2D eigenvalue weighted by Crippen LogP contribution is -2.42. The molecule has 1 atom stereocenters. The van der Waals surface area contributed by atoms with Gasteiger partial charge >= 0.3 is 6.03 Å². The van der Waals surface area contributed by atoms with Crippen molar-refractivity contribution in [1.82, 2.24) is 10.6 Å². The van der Waals surface area contributed by atoms with E-state index in [2.05, 4.69) is 10.6 Å². The van der Waals surface area contributed by atoms with Gasteiger partial charge in [-0.25, -0.2) is 4.79 Å². The van der Waals surface area contributed by atoms with Gasteiger partial charge in [0.1, 0.15) is 0 Å². The summed E-state index contributed by atoms with van der Waals surface area (Å²) in [5.74, 6) is 0. The molecule has 0 heterocycles. The first-order valence-corrected chi connectivity index (χ1v) is 3.74. The Balaban J connectivity index is 3.38. The van der Waals surface area contributed by atoms with Gasteiger partial charge in [0.05, 0.1) is 6.10 Å². The Bertz CT molecular complexity index is 124. The molecule has 0 aromatic rings. The smallest absolute Gasteiger partial charge is 0.315 e. The topological polar surface area (TPSA) is 61.4 Å². The second-order valence-corrected chi connectivity index (χ2v) is 2.86. The molecule has 3 N–H and O–H groups in total. The molecule has 0 bridgehead atoms. The standard InChI is InChI=1S/C7H16N2O2/c1-5(2)9-7(11)8-4-6(3)10/h5-6,10H,4H2,1-3H3,(H2,8,9,11)/t6-/m0/s1. The third kappa shape index (κ3) is 7.12. The normalized spacial score (nSPS) is 12.8. The Labute approximate surface area is 67.0 Å². The molecule has 66 valence electrons. The van der Waals surface area contributed by atoms with Gasteiger partial charge in [0.15, 0.2) is 0 Å². The summed E-state index contributed by atoms with van der Waals surface area (Å²) in [5.41, 5.74) is 0. The first kappa shape index (κ1) is 10.2. The van der Waals surface area contributed by atoms with Crippen LogP contribution in [-0.4, -0.2) is 29.8 Å². The summed E-state index contributed by atoms with van der Waals surface area (Å²) in [6.45, 7) is 5.66. The summed E-state index contributed by atoms with van der Waals surface area (Å²) in [6, 6.07) is -0.107. The Morgan fingerprint density at radius 2 is 2.00 bits per heavy atom. The number of nitrogens with one attached hydrogen (secondary N) is 2. The van der Waals surface area contributed by atoms with Crippen LogP contribution in [0.3, 0.4) is 0 Å². The molecule has 0 saturated heterocycles. The maximum absolute atomic E-state index is 10.8. The molecule has 0 fully saturated rings. The molecule has 0 unspecified atom stereocenters. The number of aliphatic hydroxyl groups excluding tert-OH is 1. The van der Waals surface area contributed by atoms with E-state index in [1.54, 1.807) is 6.92 Å². The van der Waals surface area contributed by atoms with Crippen molar-refractivity contribution in [3.05, 3.63) is 0 Å². The minimum Gasteiger partial charge on any atom is -0.392 e. The highest BCUT2D eigenvalue weighted by Crippen LogP contribution is 1.78. The second-order valence-electron chi connectivity index (χ2n) is 2.86. The van der Waals surface area contributed by atoms with Gasteiger partial charge in [-0.15, -0.1) is 0 Å². The van der Waals surface area contributed by atoms with Gasteiger partial charge in [-0.1, -0.05) is 0 Å². The van der Waals surface area contributed by atoms with Gasteiger partial charge in [-0.2, -0.15) is 0 Å². The lowest BCUT2D eigenvalue weighted by Gasteiger charge is -2.10. The van der Waals surface area contributed by atoms with Gasteiger partial charge in [-0.05, 0) is 20.8 Å². The molecular formula is C7H16N2O2. The molecule has 0 spiro atoms. The van der Waals surface area contributed by atoms with Crippen LogP contribution in [0, 0.1) is 0 Å². The summed E-state index contributed by atoms with van der Waals surface area (Å²) in [4.78, 5) is 10.8. The number of carbonyl (C=O) groups is 1. The minimum absolute atomic E-state index is 0.129. The fraction of sp³-hybridized carbons (Fsp3) is 0.857. The second kappa shape index (κ2) is 4.96. The molecule has 11 heavy (non-hydrogen) atoms. The average molecular weight is 160 g/mol. The molecule has 2 amide bonds. The van der Waals surface area contributed by atoms with Gasteiger partial charge in [-0.3, -0.25) is 0 Å². The van der Waals surface area contributed by atoms with Crippen LogP contribution in [-0.2, 0) is 0 Å². The van der Waals surface area contributed by atoms with Crippen LogP contribution in [0.5, 0.6) is 0 Å². The van der Waals surface area contributed by atoms with Crippen LogP contribution in [0.15, 0.2) is 0 Å². The van der Waals surface area contributed by atoms with Crippen LogP contribution in [0.4, 0.5) is 4.79 Å². The highest BCUT2D eigenvalue weighted by molar-refractivity contribution is 5.74. The monoisotopic (exact) mass is 160 g/mol. The zero-order chi connectivity index (χ0) is 8.85. The highest BCUT2D eigenvalue weighted by Gasteiger charge is 2.02. The zero-order valence-corrected chi connectivity index (χ0v) is 7.22. The number of rotatable bonds is 3. The van der Waals surface area contributed by atoms with Crippen LogP contribution in [0.25, 0.3) is 0 Å². The molecule has 0 radical (unpaired) electrons. The van der Waals surface area contributed by atoms with E-state index in [0.717, 1.165) is 0 Å². The van der Waals surface area contributed by atoms with Gasteiger partial charge < -0.3 is 15.7 Å². The summed E-state index contributed by atoms with van der Waals surface area (Å²) in [5, 5.41) is 13.9. The SMILES string of the molecule is CC(C)NC(=O)NC[C@H](C)O. The fourth-order valence-electron chi connectivity index (χ4n) is 0.554. The zero-order valence-electron chi connectivity index (χ0n) is 7.22. The Kier molecular flexibility index (Phi) is 4.61. The largest absolute Gasteiger partial charge is 0.392 e. The fourth-order valence-corrected chi connectivity index (χ4v) is 0.554. The number of urea groups is 1. The summed E-state index contributed by atoms with van der Waals surface area (Å²) in [7, 11) is 0. The number of aliphatic hydroxyl groups is 1. The molecule has 4 nitrogen and oxygen atoms in total. The van der Waals surface area contributed by atoms with Crippen LogP contribution in [0.2, 0.25) is 0 Å². The van der Waals surface area contributed by atoms with Crippen molar-refractivity contribution in [3.63, 3.8) is 0 Å². The minimum atomic E-state index is -0.493. The van der Waals surface area contributed by atoms with E-state index in [1.165, 1.54) is 0 Å². The number of hydrogen-bond donors (Lipinski definition) is 3. The van der Waals surface area contributed by atoms with E-state index in [1.807, 2.05) is 13.8 Å². The molecule has 0 aromatic heterocycles. The van der Waals surface area contributed by atoms with Gasteiger partial charge in [0.25, 0.3) is 0 Å². The maximum atomic E-state index is 10.8. The summed E-state index contributed by atoms with van der Waals surface area (Å²) < 4.78 is 0. The molecule has 0 aromatic carbocycles. The van der Waals surface area contributed by atoms with E-state index in [9.17, 15) is 4.79 Å². The van der Waals surface area contributed by atoms with E-state index in [-0.39, 0.29) is 12.1 Å². The Morgan fingerprint density at radius 1 is 1.45 bits per heavy atom. The van der Waals surface area contributed by atoms with Crippen molar-refractivity contribution in [2.75, 3.05) is 6.54 Å². The Hall–Kier alpha value is -0.770. The summed E-state index contributed by atoms with van der Waals surface area (Å²) in [6.07, 6.45) is -0.493. The van der Waals surface area contributed by atoms with E-state index in [0.29, 0.717) is 6.54 Å². The van der Waals surface area contributed by atoms with Gasteiger partial charge in [0, 0.05) is 12.6 Å². The molecule has 0 rings (SSSR count). The van der Waals surface area contributed by atoms with E-state index < -0.39 is 6.10 Å². The van der Waals surface area contributed by atoms with Crippen molar-refractivity contribution in [1.29, 1.82) is 0 Å². The van der Waals surface area contributed by atoms with Crippen molar-refractivity contribution in [3.8, 4) is 0 Å². The van der Waals surface area contributed by atoms with Crippen LogP contribution in [0.1, 0.15) is 20.8 Å². The molecule has 4 heteroatoms. The Morgan fingerprint density at radius 3 is 2.36 bits per heavy atom. The van der Waals surface area contributed by atoms with Crippen LogP contribution < -0.4 is 10.6 Å². The first-order chi connectivity index (χ1) is 5.02. The van der Waals surface area contributed by atoms with Crippen molar-refractivity contribution >= 4 is 6.03 Å². The molecular weight excluding hydrogens is 144 g/mol. The molecule has 0 aliphatic carbocycles. The third-order valence-electron chi connectivity index (χ3n) is 0.978. The molecule has 0 aliphatic heterocycles. The summed E-state index contributed by atoms with van der Waals surface area (Å²) >= 11 is 0. The van der Waals surface area contributed by atoms with Gasteiger partial charge in [0.2, 0.25) is 0 Å². The van der Waals surface area contributed by atoms with Crippen molar-refractivity contribution in [2.24, 2.45) is 0 Å². The average Bonchev–Trinajstić information content (AvgIpc) is 1.82. The van der Waals surface area contributed by atoms with Crippen LogP contribution >= 0.6 is 0 Å². The van der Waals surface area contributed by atoms with E-state index in [4.69, 9.17) is 5.11 Å². The predicted octanol–water partition coefficient (Wildman–Crippen LogP) is 0.0748. The first-order valence-electron chi connectivity index (χ1n) is 3.74. The lowest BCUT2D eigenvalue weighted by molar-refractivity contribution is 0.187. The van der Waals surface area contributed by atoms with Crippen molar-refractivity contribution < 1.29 is 9.90 Å². The highest BCUT2D eigenvalue weighted by atomic mass is 16.3. The number of carbonyl (C=O) groups excluding carboxylic acids is 1. The lowest BCUT2D eigenvalue weighted by atomic mass is 10.4. The number of amides is 2. The van der Waals surface area contributed by atoms with Crippen molar-refractivity contribution in [2.45, 2.75) is 32.9 Å². The quantitative estimate of drug-likeness (QED) is 0.547. The van der Waals surface area contributed by atoms with E-state index >= 15 is 0 Å². The third-order valence-corrected chi connectivity index (χ3v) is 0.978. The maximum Gasteiger partial charge on any atom is 0.315 e. The molecule has 0 aliphatic rings. The number of hydrogen-bond acceptors (Lipinski definition) is 2. The molecule has 0 saturated carbocycles. The predicted molar refractivity (Wildman–Crippen MR) is 43.4 cm³/mol.